The number of nitrogens with two attached hydrogens (primary N) is 1. The van der Waals surface area contributed by atoms with Crippen molar-refractivity contribution < 1.29 is 8.78 Å². The van der Waals surface area contributed by atoms with Gasteiger partial charge >= 0.3 is 0 Å². The average molecular weight is 211 g/mol. The van der Waals surface area contributed by atoms with E-state index in [2.05, 4.69) is 0 Å². The van der Waals surface area contributed by atoms with Crippen molar-refractivity contribution >= 4 is 0 Å². The fourth-order valence-corrected chi connectivity index (χ4v) is 1.77. The quantitative estimate of drug-likeness (QED) is 0.814. The normalized spacial score (nSPS) is 17.8. The highest BCUT2D eigenvalue weighted by molar-refractivity contribution is 5.18. The number of hydrogen-bond donors (Lipinski definition) is 1. The molecule has 3 heteroatoms. The third-order valence-electron chi connectivity index (χ3n) is 3.03. The maximum Gasteiger partial charge on any atom is 0.129 e. The molecule has 1 saturated carbocycles. The molecule has 1 aliphatic rings. The second-order valence-electron chi connectivity index (χ2n) is 4.45. The van der Waals surface area contributed by atoms with Gasteiger partial charge in [-0.1, -0.05) is 6.07 Å². The van der Waals surface area contributed by atoms with Crippen molar-refractivity contribution in [1.82, 2.24) is 0 Å². The Morgan fingerprint density at radius 2 is 2.00 bits per heavy atom. The molecule has 0 amide bonds. The lowest BCUT2D eigenvalue weighted by molar-refractivity contribution is 0.546. The Morgan fingerprint density at radius 3 is 2.60 bits per heavy atom. The molecule has 0 spiro atoms. The minimum Gasteiger partial charge on any atom is -0.325 e. The van der Waals surface area contributed by atoms with Crippen molar-refractivity contribution in [2.24, 2.45) is 5.73 Å². The molecule has 82 valence electrons. The number of benzene rings is 1. The molecule has 15 heavy (non-hydrogen) atoms. The van der Waals surface area contributed by atoms with Crippen LogP contribution in [0.3, 0.4) is 0 Å². The molecule has 0 saturated heterocycles. The summed E-state index contributed by atoms with van der Waals surface area (Å²) in [5.41, 5.74) is 6.53. The van der Waals surface area contributed by atoms with Crippen LogP contribution in [0.1, 0.15) is 31.2 Å². The third-order valence-corrected chi connectivity index (χ3v) is 3.03. The van der Waals surface area contributed by atoms with Crippen LogP contribution in [0.2, 0.25) is 0 Å². The zero-order valence-corrected chi connectivity index (χ0v) is 8.60. The molecule has 0 aliphatic heterocycles. The first kappa shape index (κ1) is 10.6. The topological polar surface area (TPSA) is 26.0 Å². The summed E-state index contributed by atoms with van der Waals surface area (Å²) < 4.78 is 25.8. The van der Waals surface area contributed by atoms with E-state index in [-0.39, 0.29) is 5.54 Å². The number of aryl methyl sites for hydroxylation is 1. The zero-order valence-electron chi connectivity index (χ0n) is 8.60. The molecule has 0 heterocycles. The summed E-state index contributed by atoms with van der Waals surface area (Å²) in [5, 5.41) is 0. The Labute approximate surface area is 88.3 Å². The number of hydrogen-bond acceptors (Lipinski definition) is 1. The van der Waals surface area contributed by atoms with Gasteiger partial charge in [-0.15, -0.1) is 0 Å². The number of rotatable bonds is 4. The van der Waals surface area contributed by atoms with Crippen molar-refractivity contribution in [1.29, 1.82) is 0 Å². The van der Waals surface area contributed by atoms with E-state index in [1.165, 1.54) is 12.1 Å². The van der Waals surface area contributed by atoms with Crippen molar-refractivity contribution in [3.05, 3.63) is 35.4 Å². The first-order valence-electron chi connectivity index (χ1n) is 5.32. The van der Waals surface area contributed by atoms with Crippen LogP contribution in [0.5, 0.6) is 0 Å². The van der Waals surface area contributed by atoms with Gasteiger partial charge in [-0.2, -0.15) is 0 Å². The molecule has 2 N–H and O–H groups in total. The first-order valence-corrected chi connectivity index (χ1v) is 5.32. The molecule has 2 rings (SSSR count). The van der Waals surface area contributed by atoms with E-state index in [1.54, 1.807) is 0 Å². The summed E-state index contributed by atoms with van der Waals surface area (Å²) in [6, 6.07) is 3.75. The monoisotopic (exact) mass is 211 g/mol. The Hall–Kier alpha value is -0.960. The van der Waals surface area contributed by atoms with Crippen LogP contribution in [0.4, 0.5) is 8.78 Å². The highest BCUT2D eigenvalue weighted by Gasteiger charge is 2.36. The molecule has 0 unspecified atom stereocenters. The second-order valence-corrected chi connectivity index (χ2v) is 4.45. The molecule has 1 aliphatic carbocycles. The summed E-state index contributed by atoms with van der Waals surface area (Å²) >= 11 is 0. The Balaban J connectivity index is 1.87. The maximum atomic E-state index is 13.2. The van der Waals surface area contributed by atoms with E-state index in [0.717, 1.165) is 31.7 Å². The molecular formula is C12H15F2N. The van der Waals surface area contributed by atoms with Gasteiger partial charge in [-0.25, -0.2) is 8.78 Å². The van der Waals surface area contributed by atoms with Gasteiger partial charge in [-0.05, 0) is 43.7 Å². The number of halogens is 2. The lowest BCUT2D eigenvalue weighted by atomic mass is 10.0. The van der Waals surface area contributed by atoms with Crippen LogP contribution in [-0.4, -0.2) is 5.54 Å². The molecule has 0 bridgehead atoms. The molecule has 1 aromatic carbocycles. The SMILES string of the molecule is NC1(CCCc2ccc(F)cc2F)CC1. The van der Waals surface area contributed by atoms with Gasteiger partial charge in [0.1, 0.15) is 11.6 Å². The molecular weight excluding hydrogens is 196 g/mol. The van der Waals surface area contributed by atoms with Crippen molar-refractivity contribution in [2.75, 3.05) is 0 Å². The lowest BCUT2D eigenvalue weighted by Gasteiger charge is -2.08. The zero-order chi connectivity index (χ0) is 10.9. The van der Waals surface area contributed by atoms with E-state index in [0.29, 0.717) is 12.0 Å². The third kappa shape index (κ3) is 2.75. The predicted molar refractivity (Wildman–Crippen MR) is 55.4 cm³/mol. The highest BCUT2D eigenvalue weighted by Crippen LogP contribution is 2.36. The fraction of sp³-hybridized carbons (Fsp3) is 0.500. The van der Waals surface area contributed by atoms with Gasteiger partial charge in [0.2, 0.25) is 0 Å². The average Bonchev–Trinajstić information content (AvgIpc) is 2.88. The summed E-state index contributed by atoms with van der Waals surface area (Å²) in [7, 11) is 0. The van der Waals surface area contributed by atoms with E-state index < -0.39 is 11.6 Å². The highest BCUT2D eigenvalue weighted by atomic mass is 19.1. The minimum absolute atomic E-state index is 0.0243. The van der Waals surface area contributed by atoms with Crippen molar-refractivity contribution in [3.8, 4) is 0 Å². The predicted octanol–water partition coefficient (Wildman–Crippen LogP) is 2.78. The van der Waals surface area contributed by atoms with Gasteiger partial charge in [0.05, 0.1) is 0 Å². The van der Waals surface area contributed by atoms with Crippen LogP contribution < -0.4 is 5.73 Å². The molecule has 0 radical (unpaired) electrons. The summed E-state index contributed by atoms with van der Waals surface area (Å²) in [6.45, 7) is 0. The fourth-order valence-electron chi connectivity index (χ4n) is 1.77. The van der Waals surface area contributed by atoms with E-state index in [9.17, 15) is 8.78 Å². The molecule has 1 fully saturated rings. The van der Waals surface area contributed by atoms with Crippen LogP contribution in [0, 0.1) is 11.6 Å². The van der Waals surface area contributed by atoms with Gasteiger partial charge in [0, 0.05) is 11.6 Å². The summed E-state index contributed by atoms with van der Waals surface area (Å²) in [5.74, 6) is -0.967. The summed E-state index contributed by atoms with van der Waals surface area (Å²) in [6.07, 6.45) is 4.62. The van der Waals surface area contributed by atoms with Crippen LogP contribution in [-0.2, 0) is 6.42 Å². The summed E-state index contributed by atoms with van der Waals surface area (Å²) in [4.78, 5) is 0. The molecule has 1 aromatic rings. The Bertz CT molecular complexity index is 359. The van der Waals surface area contributed by atoms with Gasteiger partial charge in [0.25, 0.3) is 0 Å². The van der Waals surface area contributed by atoms with Crippen LogP contribution >= 0.6 is 0 Å². The van der Waals surface area contributed by atoms with Crippen LogP contribution in [0.25, 0.3) is 0 Å². The largest absolute Gasteiger partial charge is 0.325 e. The Morgan fingerprint density at radius 1 is 1.27 bits per heavy atom. The molecule has 0 aromatic heterocycles. The van der Waals surface area contributed by atoms with Gasteiger partial charge in [-0.3, -0.25) is 0 Å². The molecule has 0 atom stereocenters. The van der Waals surface area contributed by atoms with Crippen molar-refractivity contribution in [3.63, 3.8) is 0 Å². The van der Waals surface area contributed by atoms with E-state index in [4.69, 9.17) is 5.73 Å². The molecule has 1 nitrogen and oxygen atoms in total. The minimum atomic E-state index is -0.520. The van der Waals surface area contributed by atoms with Gasteiger partial charge < -0.3 is 5.73 Å². The standard InChI is InChI=1S/C12H15F2N/c13-10-4-3-9(11(14)8-10)2-1-5-12(15)6-7-12/h3-4,8H,1-2,5-7,15H2. The van der Waals surface area contributed by atoms with Gasteiger partial charge in [0.15, 0.2) is 0 Å². The second kappa shape index (κ2) is 3.89. The van der Waals surface area contributed by atoms with E-state index >= 15 is 0 Å². The van der Waals surface area contributed by atoms with Crippen molar-refractivity contribution in [2.45, 2.75) is 37.6 Å². The van der Waals surface area contributed by atoms with Crippen LogP contribution in [0.15, 0.2) is 18.2 Å². The Kier molecular flexibility index (Phi) is 2.74. The first-order chi connectivity index (χ1) is 7.09. The lowest BCUT2D eigenvalue weighted by Crippen LogP contribution is -2.21. The maximum absolute atomic E-state index is 13.2. The van der Waals surface area contributed by atoms with E-state index in [1.807, 2.05) is 0 Å². The smallest absolute Gasteiger partial charge is 0.129 e.